The molecule has 4 nitrogen and oxygen atoms in total. The number of hydrogen-bond donors (Lipinski definition) is 2. The molecule has 0 saturated carbocycles. The monoisotopic (exact) mass is 333 g/mol. The van der Waals surface area contributed by atoms with Crippen LogP contribution in [0.3, 0.4) is 0 Å². The molecule has 1 amide bonds. The van der Waals surface area contributed by atoms with Crippen LogP contribution >= 0.6 is 24.8 Å². The van der Waals surface area contributed by atoms with E-state index in [9.17, 15) is 4.79 Å². The summed E-state index contributed by atoms with van der Waals surface area (Å²) < 4.78 is 0. The summed E-state index contributed by atoms with van der Waals surface area (Å²) in [6.45, 7) is 4.98. The van der Waals surface area contributed by atoms with Crippen LogP contribution in [0.4, 0.5) is 0 Å². The molecule has 6 heteroatoms. The molecule has 2 heterocycles. The third kappa shape index (κ3) is 7.11. The highest BCUT2D eigenvalue weighted by molar-refractivity contribution is 5.85. The van der Waals surface area contributed by atoms with Gasteiger partial charge in [0.05, 0.1) is 0 Å². The number of carbonyl (C=O) groups excluding carboxylic acids is 1. The van der Waals surface area contributed by atoms with E-state index in [1.807, 2.05) is 12.1 Å². The number of nitrogens with zero attached hydrogens (tertiary/aromatic N) is 1. The molecule has 1 fully saturated rings. The highest BCUT2D eigenvalue weighted by Crippen LogP contribution is 2.24. The van der Waals surface area contributed by atoms with Gasteiger partial charge in [0.15, 0.2) is 0 Å². The maximum absolute atomic E-state index is 11.9. The lowest BCUT2D eigenvalue weighted by Crippen LogP contribution is -2.33. The second-order valence-electron chi connectivity index (χ2n) is 5.40. The first-order chi connectivity index (χ1) is 9.25. The number of piperidine rings is 1. The van der Waals surface area contributed by atoms with E-state index >= 15 is 0 Å². The molecule has 1 aliphatic rings. The van der Waals surface area contributed by atoms with Crippen molar-refractivity contribution in [1.29, 1.82) is 0 Å². The summed E-state index contributed by atoms with van der Waals surface area (Å²) >= 11 is 0. The van der Waals surface area contributed by atoms with Crippen LogP contribution in [0, 0.1) is 11.8 Å². The van der Waals surface area contributed by atoms with Gasteiger partial charge in [0.25, 0.3) is 0 Å². The number of amides is 1. The maximum Gasteiger partial charge on any atom is 0.220 e. The molecular formula is C15H25Cl2N3O. The van der Waals surface area contributed by atoms with E-state index < -0.39 is 0 Å². The average Bonchev–Trinajstić information content (AvgIpc) is 2.47. The first-order valence-electron chi connectivity index (χ1n) is 7.12. The van der Waals surface area contributed by atoms with E-state index in [2.05, 4.69) is 22.5 Å². The van der Waals surface area contributed by atoms with Crippen molar-refractivity contribution >= 4 is 30.7 Å². The molecule has 0 radical (unpaired) electrons. The molecule has 1 atom stereocenters. The smallest absolute Gasteiger partial charge is 0.220 e. The molecule has 1 saturated heterocycles. The van der Waals surface area contributed by atoms with Crippen LogP contribution in [0.2, 0.25) is 0 Å². The summed E-state index contributed by atoms with van der Waals surface area (Å²) in [6, 6.07) is 3.85. The molecule has 1 aromatic rings. The number of pyridine rings is 1. The van der Waals surface area contributed by atoms with E-state index in [0.29, 0.717) is 24.8 Å². The molecule has 0 aromatic carbocycles. The summed E-state index contributed by atoms with van der Waals surface area (Å²) in [5, 5.41) is 6.35. The highest BCUT2D eigenvalue weighted by Gasteiger charge is 2.21. The van der Waals surface area contributed by atoms with E-state index in [1.165, 1.54) is 12.8 Å². The van der Waals surface area contributed by atoms with Crippen LogP contribution in [-0.4, -0.2) is 24.0 Å². The summed E-state index contributed by atoms with van der Waals surface area (Å²) in [7, 11) is 0. The van der Waals surface area contributed by atoms with Crippen molar-refractivity contribution in [3.63, 3.8) is 0 Å². The average molecular weight is 334 g/mol. The molecule has 0 spiro atoms. The molecule has 2 N–H and O–H groups in total. The minimum atomic E-state index is 0. The van der Waals surface area contributed by atoms with Crippen LogP contribution < -0.4 is 10.6 Å². The van der Waals surface area contributed by atoms with Crippen LogP contribution in [-0.2, 0) is 11.3 Å². The maximum atomic E-state index is 11.9. The predicted molar refractivity (Wildman–Crippen MR) is 90.0 cm³/mol. The third-order valence-corrected chi connectivity index (χ3v) is 3.93. The van der Waals surface area contributed by atoms with Gasteiger partial charge in [-0.25, -0.2) is 0 Å². The first kappa shape index (κ1) is 20.2. The van der Waals surface area contributed by atoms with Gasteiger partial charge in [0, 0.05) is 25.4 Å². The van der Waals surface area contributed by atoms with Crippen molar-refractivity contribution in [2.75, 3.05) is 13.1 Å². The predicted octanol–water partition coefficient (Wildman–Crippen LogP) is 2.57. The number of halogens is 2. The van der Waals surface area contributed by atoms with Crippen molar-refractivity contribution < 1.29 is 4.79 Å². The van der Waals surface area contributed by atoms with Crippen LogP contribution in [0.5, 0.6) is 0 Å². The Hall–Kier alpha value is -0.840. The van der Waals surface area contributed by atoms with Gasteiger partial charge in [0.1, 0.15) is 0 Å². The lowest BCUT2D eigenvalue weighted by atomic mass is 9.84. The van der Waals surface area contributed by atoms with Crippen LogP contribution in [0.25, 0.3) is 0 Å². The third-order valence-electron chi connectivity index (χ3n) is 3.93. The van der Waals surface area contributed by atoms with Gasteiger partial charge < -0.3 is 10.6 Å². The number of aromatic nitrogens is 1. The molecule has 1 unspecified atom stereocenters. The molecule has 21 heavy (non-hydrogen) atoms. The summed E-state index contributed by atoms with van der Waals surface area (Å²) in [5.74, 6) is 1.32. The molecule has 1 aliphatic heterocycles. The Labute approximate surface area is 139 Å². The second kappa shape index (κ2) is 10.8. The van der Waals surface area contributed by atoms with E-state index in [0.717, 1.165) is 18.7 Å². The topological polar surface area (TPSA) is 54.0 Å². The normalized spacial score (nSPS) is 16.2. The fourth-order valence-corrected chi connectivity index (χ4v) is 2.65. The highest BCUT2D eigenvalue weighted by atomic mass is 35.5. The Morgan fingerprint density at radius 1 is 1.33 bits per heavy atom. The van der Waals surface area contributed by atoms with Crippen molar-refractivity contribution in [2.24, 2.45) is 11.8 Å². The Morgan fingerprint density at radius 2 is 1.95 bits per heavy atom. The molecule has 1 aromatic heterocycles. The van der Waals surface area contributed by atoms with E-state index in [1.54, 1.807) is 12.4 Å². The molecule has 0 bridgehead atoms. The quantitative estimate of drug-likeness (QED) is 0.870. The van der Waals surface area contributed by atoms with Crippen molar-refractivity contribution in [1.82, 2.24) is 15.6 Å². The summed E-state index contributed by atoms with van der Waals surface area (Å²) in [6.07, 6.45) is 6.52. The Morgan fingerprint density at radius 3 is 2.57 bits per heavy atom. The van der Waals surface area contributed by atoms with Crippen molar-refractivity contribution in [2.45, 2.75) is 32.7 Å². The zero-order valence-corrected chi connectivity index (χ0v) is 14.0. The first-order valence-corrected chi connectivity index (χ1v) is 7.12. The number of carbonyl (C=O) groups is 1. The summed E-state index contributed by atoms with van der Waals surface area (Å²) in [4.78, 5) is 15.9. The zero-order valence-electron chi connectivity index (χ0n) is 12.4. The minimum Gasteiger partial charge on any atom is -0.352 e. The molecule has 2 rings (SSSR count). The standard InChI is InChI=1S/C15H23N3O.2ClH/c1-12(14-4-8-17-9-5-14)10-15(19)18-11-13-2-6-16-7-3-13;;/h2-3,6-7,12,14,17H,4-5,8-11H2,1H3,(H,18,19);2*1H. The Balaban J connectivity index is 0.00000200. The van der Waals surface area contributed by atoms with Crippen molar-refractivity contribution in [3.05, 3.63) is 30.1 Å². The number of hydrogen-bond acceptors (Lipinski definition) is 3. The fourth-order valence-electron chi connectivity index (χ4n) is 2.65. The van der Waals surface area contributed by atoms with Crippen LogP contribution in [0.15, 0.2) is 24.5 Å². The Kier molecular flexibility index (Phi) is 10.4. The van der Waals surface area contributed by atoms with Gasteiger partial charge in [-0.05, 0) is 55.5 Å². The van der Waals surface area contributed by atoms with Crippen molar-refractivity contribution in [3.8, 4) is 0 Å². The van der Waals surface area contributed by atoms with Crippen LogP contribution in [0.1, 0.15) is 31.7 Å². The number of nitrogens with one attached hydrogen (secondary N) is 2. The lowest BCUT2D eigenvalue weighted by molar-refractivity contribution is -0.122. The van der Waals surface area contributed by atoms with Gasteiger partial charge in [-0.2, -0.15) is 0 Å². The van der Waals surface area contributed by atoms with Gasteiger partial charge in [-0.1, -0.05) is 6.92 Å². The Bertz CT molecular complexity index is 397. The lowest BCUT2D eigenvalue weighted by Gasteiger charge is -2.27. The van der Waals surface area contributed by atoms with Gasteiger partial charge in [-0.3, -0.25) is 9.78 Å². The molecule has 120 valence electrons. The largest absolute Gasteiger partial charge is 0.352 e. The minimum absolute atomic E-state index is 0. The zero-order chi connectivity index (χ0) is 13.5. The molecular weight excluding hydrogens is 309 g/mol. The summed E-state index contributed by atoms with van der Waals surface area (Å²) in [5.41, 5.74) is 1.10. The second-order valence-corrected chi connectivity index (χ2v) is 5.40. The van der Waals surface area contributed by atoms with Gasteiger partial charge in [0.2, 0.25) is 5.91 Å². The number of rotatable bonds is 5. The fraction of sp³-hybridized carbons (Fsp3) is 0.600. The molecule has 0 aliphatic carbocycles. The van der Waals surface area contributed by atoms with E-state index in [-0.39, 0.29) is 30.7 Å². The van der Waals surface area contributed by atoms with Gasteiger partial charge in [-0.15, -0.1) is 24.8 Å². The van der Waals surface area contributed by atoms with E-state index in [4.69, 9.17) is 0 Å². The van der Waals surface area contributed by atoms with Gasteiger partial charge >= 0.3 is 0 Å². The SMILES string of the molecule is CC(CC(=O)NCc1ccncc1)C1CCNCC1.Cl.Cl.